The number of allylic oxidation sites excluding steroid dienone is 3. The summed E-state index contributed by atoms with van der Waals surface area (Å²) in [4.78, 5) is 17.3. The maximum absolute atomic E-state index is 12.4. The Kier molecular flexibility index (Phi) is 4.49. The Balaban J connectivity index is 1.71. The SMILES string of the molecule is COC1CC(C2=c3sc4ccccc4c3=CCC2)=NC(=C2CCC=CC2=O)N1. The van der Waals surface area contributed by atoms with Crippen molar-refractivity contribution in [1.29, 1.82) is 0 Å². The highest BCUT2D eigenvalue weighted by Crippen LogP contribution is 2.26. The van der Waals surface area contributed by atoms with Gasteiger partial charge in [0, 0.05) is 28.3 Å². The molecular formula is C23H22N2O2S. The first-order chi connectivity index (χ1) is 13.7. The van der Waals surface area contributed by atoms with Crippen molar-refractivity contribution in [1.82, 2.24) is 5.32 Å². The molecule has 1 atom stereocenters. The van der Waals surface area contributed by atoms with Crippen LogP contribution in [0.25, 0.3) is 21.7 Å². The number of hydrogen-bond acceptors (Lipinski definition) is 5. The third-order valence-corrected chi connectivity index (χ3v) is 6.87. The van der Waals surface area contributed by atoms with Crippen molar-refractivity contribution in [3.8, 4) is 0 Å². The Morgan fingerprint density at radius 2 is 2.04 bits per heavy atom. The van der Waals surface area contributed by atoms with Gasteiger partial charge >= 0.3 is 0 Å². The van der Waals surface area contributed by atoms with Gasteiger partial charge < -0.3 is 10.1 Å². The molecule has 0 saturated heterocycles. The zero-order valence-electron chi connectivity index (χ0n) is 15.8. The molecule has 0 bridgehead atoms. The number of fused-ring (bicyclic) bond motifs is 3. The molecule has 0 radical (unpaired) electrons. The molecule has 3 aliphatic rings. The number of aliphatic imine (C=N–C) groups is 1. The van der Waals surface area contributed by atoms with Crippen LogP contribution in [0.15, 0.2) is 52.8 Å². The number of ketones is 1. The van der Waals surface area contributed by atoms with Gasteiger partial charge in [0.05, 0.1) is 5.71 Å². The lowest BCUT2D eigenvalue weighted by Gasteiger charge is -2.28. The van der Waals surface area contributed by atoms with Crippen LogP contribution in [-0.2, 0) is 9.53 Å². The van der Waals surface area contributed by atoms with Crippen LogP contribution in [0.3, 0.4) is 0 Å². The first-order valence-electron chi connectivity index (χ1n) is 9.77. The fourth-order valence-corrected chi connectivity index (χ4v) is 5.50. The summed E-state index contributed by atoms with van der Waals surface area (Å²) in [5, 5.41) is 5.98. The molecule has 142 valence electrons. The Morgan fingerprint density at radius 3 is 2.89 bits per heavy atom. The number of hydrogen-bond donors (Lipinski definition) is 1. The van der Waals surface area contributed by atoms with Crippen LogP contribution in [0.1, 0.15) is 32.1 Å². The van der Waals surface area contributed by atoms with Crippen molar-refractivity contribution in [3.63, 3.8) is 0 Å². The smallest absolute Gasteiger partial charge is 0.185 e. The maximum Gasteiger partial charge on any atom is 0.185 e. The topological polar surface area (TPSA) is 50.7 Å². The summed E-state index contributed by atoms with van der Waals surface area (Å²) in [6.45, 7) is 0. The number of nitrogens with zero attached hydrogens (tertiary/aromatic N) is 1. The molecule has 4 nitrogen and oxygen atoms in total. The summed E-state index contributed by atoms with van der Waals surface area (Å²) in [7, 11) is 1.70. The van der Waals surface area contributed by atoms with E-state index in [1.165, 1.54) is 25.4 Å². The van der Waals surface area contributed by atoms with Gasteiger partial charge in [-0.15, -0.1) is 11.3 Å². The number of carbonyl (C=O) groups excluding carboxylic acids is 1. The van der Waals surface area contributed by atoms with Gasteiger partial charge in [0.25, 0.3) is 0 Å². The minimum atomic E-state index is -0.162. The lowest BCUT2D eigenvalue weighted by atomic mass is 9.95. The van der Waals surface area contributed by atoms with Crippen molar-refractivity contribution < 1.29 is 9.53 Å². The molecule has 1 aliphatic heterocycles. The molecule has 0 spiro atoms. The monoisotopic (exact) mass is 390 g/mol. The molecule has 1 N–H and O–H groups in total. The van der Waals surface area contributed by atoms with Gasteiger partial charge in [-0.05, 0) is 54.0 Å². The van der Waals surface area contributed by atoms with Crippen LogP contribution < -0.4 is 15.1 Å². The molecule has 2 aromatic rings. The van der Waals surface area contributed by atoms with Crippen LogP contribution in [0, 0.1) is 0 Å². The van der Waals surface area contributed by atoms with Crippen molar-refractivity contribution in [2.24, 2.45) is 4.99 Å². The normalized spacial score (nSPS) is 24.6. The molecule has 2 aliphatic carbocycles. The first-order valence-corrected chi connectivity index (χ1v) is 10.6. The van der Waals surface area contributed by atoms with Crippen LogP contribution in [-0.4, -0.2) is 24.8 Å². The molecule has 1 unspecified atom stereocenters. The molecule has 2 heterocycles. The van der Waals surface area contributed by atoms with Gasteiger partial charge in [0.2, 0.25) is 0 Å². The lowest BCUT2D eigenvalue weighted by molar-refractivity contribution is -0.111. The maximum atomic E-state index is 12.4. The molecule has 1 aromatic heterocycles. The minimum Gasteiger partial charge on any atom is -0.361 e. The van der Waals surface area contributed by atoms with E-state index < -0.39 is 0 Å². The van der Waals surface area contributed by atoms with E-state index in [-0.39, 0.29) is 12.0 Å². The summed E-state index contributed by atoms with van der Waals surface area (Å²) in [5.74, 6) is 0.741. The quantitative estimate of drug-likeness (QED) is 0.802. The lowest BCUT2D eigenvalue weighted by Crippen LogP contribution is -2.39. The Morgan fingerprint density at radius 1 is 1.18 bits per heavy atom. The second kappa shape index (κ2) is 7.15. The molecule has 0 fully saturated rings. The fourth-order valence-electron chi connectivity index (χ4n) is 4.20. The van der Waals surface area contributed by atoms with Crippen molar-refractivity contribution in [2.75, 3.05) is 7.11 Å². The van der Waals surface area contributed by atoms with E-state index in [2.05, 4.69) is 35.7 Å². The van der Waals surface area contributed by atoms with E-state index in [1.54, 1.807) is 13.2 Å². The molecular weight excluding hydrogens is 368 g/mol. The van der Waals surface area contributed by atoms with E-state index in [0.29, 0.717) is 12.2 Å². The highest BCUT2D eigenvalue weighted by molar-refractivity contribution is 7.17. The number of thiophene rings is 1. The molecule has 28 heavy (non-hydrogen) atoms. The molecule has 5 rings (SSSR count). The number of ether oxygens (including phenoxy) is 1. The summed E-state index contributed by atoms with van der Waals surface area (Å²) >= 11 is 1.84. The van der Waals surface area contributed by atoms with Crippen molar-refractivity contribution in [2.45, 2.75) is 38.3 Å². The molecule has 1 aromatic carbocycles. The number of methoxy groups -OCH3 is 1. The van der Waals surface area contributed by atoms with E-state index in [0.717, 1.165) is 37.0 Å². The van der Waals surface area contributed by atoms with Crippen molar-refractivity contribution >= 4 is 44.6 Å². The van der Waals surface area contributed by atoms with E-state index >= 15 is 0 Å². The van der Waals surface area contributed by atoms with Gasteiger partial charge in [-0.3, -0.25) is 4.79 Å². The van der Waals surface area contributed by atoms with Crippen LogP contribution in [0.4, 0.5) is 0 Å². The van der Waals surface area contributed by atoms with Gasteiger partial charge in [-0.2, -0.15) is 0 Å². The number of carbonyl (C=O) groups is 1. The molecule has 0 saturated carbocycles. The van der Waals surface area contributed by atoms with Gasteiger partial charge in [-0.1, -0.05) is 30.4 Å². The largest absolute Gasteiger partial charge is 0.361 e. The highest BCUT2D eigenvalue weighted by Gasteiger charge is 2.26. The summed E-state index contributed by atoms with van der Waals surface area (Å²) < 4.78 is 8.28. The standard InChI is InChI=1S/C23H22N2O2S/c1-27-21-13-18(24-23(25-21)17-8-2-4-11-19(17)26)16-10-6-9-15-14-7-3-5-12-20(14)28-22(15)16/h3-5,7,9,11-12,21,25H,2,6,8,10,13H2,1H3. The second-order valence-electron chi connectivity index (χ2n) is 7.33. The molecule has 5 heteroatoms. The molecule has 0 amide bonds. The van der Waals surface area contributed by atoms with Gasteiger partial charge in [0.1, 0.15) is 12.0 Å². The average Bonchev–Trinajstić information content (AvgIpc) is 3.12. The predicted molar refractivity (Wildman–Crippen MR) is 115 cm³/mol. The zero-order valence-corrected chi connectivity index (χ0v) is 16.6. The summed E-state index contributed by atoms with van der Waals surface area (Å²) in [6.07, 6.45) is 10.1. The summed E-state index contributed by atoms with van der Waals surface area (Å²) in [6, 6.07) is 8.59. The Hall–Kier alpha value is -2.50. The Labute approximate surface area is 167 Å². The Bertz CT molecular complexity index is 1180. The number of nitrogens with one attached hydrogen (secondary N) is 1. The summed E-state index contributed by atoms with van der Waals surface area (Å²) in [5.41, 5.74) is 3.12. The van der Waals surface area contributed by atoms with Gasteiger partial charge in [0.15, 0.2) is 5.78 Å². The van der Waals surface area contributed by atoms with E-state index in [4.69, 9.17) is 9.73 Å². The van der Waals surface area contributed by atoms with E-state index in [9.17, 15) is 4.79 Å². The third-order valence-electron chi connectivity index (χ3n) is 5.62. The predicted octanol–water partition coefficient (Wildman–Crippen LogP) is 3.16. The minimum absolute atomic E-state index is 0.0538. The van der Waals surface area contributed by atoms with Crippen molar-refractivity contribution in [3.05, 3.63) is 57.6 Å². The van der Waals surface area contributed by atoms with Gasteiger partial charge in [-0.25, -0.2) is 4.99 Å². The zero-order chi connectivity index (χ0) is 19.1. The fraction of sp³-hybridized carbons (Fsp3) is 0.304. The van der Waals surface area contributed by atoms with E-state index in [1.807, 2.05) is 17.4 Å². The highest BCUT2D eigenvalue weighted by atomic mass is 32.1. The van der Waals surface area contributed by atoms with Crippen LogP contribution >= 0.6 is 11.3 Å². The first kappa shape index (κ1) is 17.6. The second-order valence-corrected chi connectivity index (χ2v) is 8.38. The third kappa shape index (κ3) is 2.95. The van der Waals surface area contributed by atoms with Crippen LogP contribution in [0.5, 0.6) is 0 Å². The number of benzene rings is 1. The van der Waals surface area contributed by atoms with Crippen LogP contribution in [0.2, 0.25) is 0 Å². The number of rotatable bonds is 2. The average molecular weight is 391 g/mol.